The van der Waals surface area contributed by atoms with Crippen LogP contribution in [0.15, 0.2) is 12.3 Å². The van der Waals surface area contributed by atoms with E-state index in [1.54, 1.807) is 7.05 Å². The lowest BCUT2D eigenvalue weighted by atomic mass is 10.6. The zero-order valence-electron chi connectivity index (χ0n) is 4.81. The summed E-state index contributed by atoms with van der Waals surface area (Å²) in [6.07, 6.45) is 0. The maximum absolute atomic E-state index is 3.71. The van der Waals surface area contributed by atoms with Crippen LogP contribution >= 0.6 is 0 Å². The van der Waals surface area contributed by atoms with Crippen LogP contribution in [0, 0.1) is 0 Å². The molecule has 0 aliphatic carbocycles. The number of allylic oxidation sites excluding steroid dienone is 1. The van der Waals surface area contributed by atoms with Gasteiger partial charge in [-0.3, -0.25) is 4.68 Å². The Labute approximate surface area is 44.1 Å². The number of hydrogen-bond acceptors (Lipinski definition) is 0. The molecule has 7 heavy (non-hydrogen) atoms. The summed E-state index contributed by atoms with van der Waals surface area (Å²) < 4.78 is 1.47. The van der Waals surface area contributed by atoms with E-state index in [2.05, 4.69) is 18.7 Å². The Morgan fingerprint density at radius 2 is 2.14 bits per heavy atom. The maximum Gasteiger partial charge on any atom is 0.165 e. The van der Waals surface area contributed by atoms with Crippen molar-refractivity contribution in [3.05, 3.63) is 17.7 Å². The molecule has 2 nitrogen and oxygen atoms in total. The molecule has 0 aromatic rings. The van der Waals surface area contributed by atoms with Crippen LogP contribution in [0.3, 0.4) is 0 Å². The van der Waals surface area contributed by atoms with Crippen LogP contribution in [0.25, 0.3) is 5.43 Å². The fourth-order valence-corrected chi connectivity index (χ4v) is 0.171. The van der Waals surface area contributed by atoms with E-state index in [0.717, 1.165) is 5.70 Å². The minimum Gasteiger partial charge on any atom is -0.439 e. The van der Waals surface area contributed by atoms with E-state index >= 15 is 0 Å². The molecule has 2 heteroatoms. The zero-order valence-corrected chi connectivity index (χ0v) is 4.81. The summed E-state index contributed by atoms with van der Waals surface area (Å²) >= 11 is 0. The lowest BCUT2D eigenvalue weighted by Crippen LogP contribution is -1.95. The second-order valence-electron chi connectivity index (χ2n) is 1.33. The van der Waals surface area contributed by atoms with Crippen molar-refractivity contribution in [3.8, 4) is 0 Å². The Kier molecular flexibility index (Phi) is 2.12. The third-order valence-corrected chi connectivity index (χ3v) is 0.682. The molecular formula is C5H10N2. The van der Waals surface area contributed by atoms with Gasteiger partial charge < -0.3 is 5.43 Å². The first-order valence-corrected chi connectivity index (χ1v) is 2.04. The topological polar surface area (TPSA) is 17.1 Å². The molecule has 0 unspecified atom stereocenters. The van der Waals surface area contributed by atoms with Crippen molar-refractivity contribution >= 4 is 6.72 Å². The van der Waals surface area contributed by atoms with E-state index in [0.29, 0.717) is 0 Å². The largest absolute Gasteiger partial charge is 0.439 e. The molecule has 0 rings (SSSR count). The molecular weight excluding hydrogens is 88.1 g/mol. The molecule has 0 bridgehead atoms. The highest BCUT2D eigenvalue weighted by Gasteiger charge is 1.82. The number of hydrogen-bond donors (Lipinski definition) is 0. The fourth-order valence-electron chi connectivity index (χ4n) is 0.171. The summed E-state index contributed by atoms with van der Waals surface area (Å²) in [4.78, 5) is 0. The molecule has 0 fully saturated rings. The van der Waals surface area contributed by atoms with Gasteiger partial charge in [0.05, 0.1) is 0 Å². The van der Waals surface area contributed by atoms with Crippen molar-refractivity contribution in [3.63, 3.8) is 0 Å². The Hall–Kier alpha value is -0.790. The lowest BCUT2D eigenvalue weighted by Gasteiger charge is -2.05. The Bertz CT molecular complexity index is 94.3. The summed E-state index contributed by atoms with van der Waals surface area (Å²) in [5.74, 6) is 0. The third-order valence-electron chi connectivity index (χ3n) is 0.682. The van der Waals surface area contributed by atoms with Crippen LogP contribution in [-0.4, -0.2) is 18.4 Å². The molecule has 0 saturated carbocycles. The monoisotopic (exact) mass is 98.1 g/mol. The highest BCUT2D eigenvalue weighted by Crippen LogP contribution is 1.90. The van der Waals surface area contributed by atoms with Gasteiger partial charge >= 0.3 is 0 Å². The van der Waals surface area contributed by atoms with Gasteiger partial charge in [-0.2, -0.15) is 0 Å². The minimum atomic E-state index is 0.850. The van der Waals surface area contributed by atoms with Gasteiger partial charge in [-0.1, -0.05) is 7.05 Å². The Morgan fingerprint density at radius 1 is 1.71 bits per heavy atom. The van der Waals surface area contributed by atoms with E-state index in [4.69, 9.17) is 0 Å². The summed E-state index contributed by atoms with van der Waals surface area (Å²) in [5, 5.41) is 0. The predicted molar refractivity (Wildman–Crippen MR) is 31.5 cm³/mol. The molecule has 0 atom stereocenters. The summed E-state index contributed by atoms with van der Waals surface area (Å²) in [7, 11) is 1.67. The molecule has 0 spiro atoms. The lowest BCUT2D eigenvalue weighted by molar-refractivity contribution is -0.410. The van der Waals surface area contributed by atoms with Crippen molar-refractivity contribution < 1.29 is 4.68 Å². The van der Waals surface area contributed by atoms with Gasteiger partial charge in [-0.05, 0) is 6.58 Å². The normalized spacial score (nSPS) is 7.71. The van der Waals surface area contributed by atoms with Crippen molar-refractivity contribution in [1.29, 1.82) is 0 Å². The first-order chi connectivity index (χ1) is 3.18. The van der Waals surface area contributed by atoms with E-state index in [1.807, 2.05) is 6.92 Å². The maximum atomic E-state index is 3.71. The van der Waals surface area contributed by atoms with Crippen molar-refractivity contribution in [2.24, 2.45) is 0 Å². The van der Waals surface area contributed by atoms with Crippen LogP contribution in [0.2, 0.25) is 0 Å². The van der Waals surface area contributed by atoms with Gasteiger partial charge in [0.2, 0.25) is 0 Å². The average Bonchev–Trinajstić information content (AvgIpc) is 1.65. The number of rotatable bonds is 2. The van der Waals surface area contributed by atoms with Gasteiger partial charge in [0.1, 0.15) is 6.72 Å². The number of nitrogens with zero attached hydrogens (tertiary/aromatic N) is 2. The molecule has 0 aliphatic heterocycles. The van der Waals surface area contributed by atoms with Gasteiger partial charge in [0.15, 0.2) is 5.70 Å². The van der Waals surface area contributed by atoms with Gasteiger partial charge in [-0.25, -0.2) is 0 Å². The van der Waals surface area contributed by atoms with E-state index < -0.39 is 0 Å². The van der Waals surface area contributed by atoms with Crippen LogP contribution in [0.4, 0.5) is 0 Å². The molecule has 40 valence electrons. The molecule has 0 radical (unpaired) electrons. The standard InChI is InChI=1S/C5H10N2/c1-5(2)7(4)6-3/h1,4H2,2-3H3. The summed E-state index contributed by atoms with van der Waals surface area (Å²) in [6.45, 7) is 8.97. The van der Waals surface area contributed by atoms with Crippen molar-refractivity contribution in [2.75, 3.05) is 7.05 Å². The molecule has 0 aromatic heterocycles. The predicted octanol–water partition coefficient (Wildman–Crippen LogP) is 1.15. The van der Waals surface area contributed by atoms with Gasteiger partial charge in [-0.15, -0.1) is 0 Å². The van der Waals surface area contributed by atoms with Crippen molar-refractivity contribution in [2.45, 2.75) is 6.92 Å². The van der Waals surface area contributed by atoms with E-state index in [9.17, 15) is 0 Å². The van der Waals surface area contributed by atoms with Crippen LogP contribution in [-0.2, 0) is 0 Å². The van der Waals surface area contributed by atoms with E-state index in [-0.39, 0.29) is 0 Å². The molecule has 0 aliphatic rings. The first kappa shape index (κ1) is 6.21. The highest BCUT2D eigenvalue weighted by atomic mass is 15.4. The third kappa shape index (κ3) is 1.98. The summed E-state index contributed by atoms with van der Waals surface area (Å²) in [5.41, 5.74) is 4.56. The Morgan fingerprint density at radius 3 is 2.14 bits per heavy atom. The first-order valence-electron chi connectivity index (χ1n) is 2.04. The van der Waals surface area contributed by atoms with Crippen LogP contribution in [0.5, 0.6) is 0 Å². The molecule has 0 aromatic carbocycles. The Balaban J connectivity index is 3.58. The van der Waals surface area contributed by atoms with Gasteiger partial charge in [0.25, 0.3) is 0 Å². The van der Waals surface area contributed by atoms with Crippen molar-refractivity contribution in [1.82, 2.24) is 0 Å². The minimum absolute atomic E-state index is 0.850. The smallest absolute Gasteiger partial charge is 0.165 e. The average molecular weight is 98.1 g/mol. The fraction of sp³-hybridized carbons (Fsp3) is 0.400. The highest BCUT2D eigenvalue weighted by molar-refractivity contribution is 5.17. The molecule has 0 saturated heterocycles. The quantitative estimate of drug-likeness (QED) is 0.280. The SMILES string of the molecule is C=C(C)[N+](=C)[N-]C. The van der Waals surface area contributed by atoms with Crippen LogP contribution < -0.4 is 0 Å². The second kappa shape index (κ2) is 2.39. The summed E-state index contributed by atoms with van der Waals surface area (Å²) in [6, 6.07) is 0. The van der Waals surface area contributed by atoms with E-state index in [1.165, 1.54) is 4.68 Å². The second-order valence-corrected chi connectivity index (χ2v) is 1.33. The molecule has 0 N–H and O–H groups in total. The van der Waals surface area contributed by atoms with Crippen LogP contribution in [0.1, 0.15) is 6.92 Å². The molecule has 0 heterocycles. The zero-order chi connectivity index (χ0) is 5.86. The molecule has 0 amide bonds. The van der Waals surface area contributed by atoms with Gasteiger partial charge in [0, 0.05) is 6.92 Å².